The smallest absolute Gasteiger partial charge is 0.0926 e. The molecule has 0 bridgehead atoms. The van der Waals surface area contributed by atoms with Gasteiger partial charge in [-0.3, -0.25) is 5.10 Å². The van der Waals surface area contributed by atoms with Gasteiger partial charge in [-0.15, -0.1) is 0 Å². The van der Waals surface area contributed by atoms with Crippen LogP contribution in [0.1, 0.15) is 35.4 Å². The van der Waals surface area contributed by atoms with E-state index in [-0.39, 0.29) is 0 Å². The second-order valence-electron chi connectivity index (χ2n) is 5.50. The van der Waals surface area contributed by atoms with Gasteiger partial charge in [-0.25, -0.2) is 0 Å². The van der Waals surface area contributed by atoms with Crippen LogP contribution in [0.4, 0.5) is 0 Å². The highest BCUT2D eigenvalue weighted by molar-refractivity contribution is 5.79. The van der Waals surface area contributed by atoms with E-state index in [2.05, 4.69) is 66.2 Å². The molecule has 1 aromatic carbocycles. The van der Waals surface area contributed by atoms with Crippen LogP contribution in [0.3, 0.4) is 0 Å². The summed E-state index contributed by atoms with van der Waals surface area (Å²) in [5.41, 5.74) is 7.25. The van der Waals surface area contributed by atoms with Gasteiger partial charge in [0.1, 0.15) is 0 Å². The molecule has 2 heteroatoms. The number of aromatic amines is 1. The number of aromatic nitrogens is 2. The molecule has 1 heterocycles. The van der Waals surface area contributed by atoms with Crippen molar-refractivity contribution in [2.45, 2.75) is 26.2 Å². The molecule has 0 fully saturated rings. The molecule has 1 N–H and O–H groups in total. The Labute approximate surface area is 125 Å². The Hall–Kier alpha value is -2.35. The topological polar surface area (TPSA) is 28.7 Å². The number of H-pyrrole nitrogens is 1. The first-order chi connectivity index (χ1) is 10.3. The minimum Gasteiger partial charge on any atom is -0.278 e. The van der Waals surface area contributed by atoms with E-state index in [0.717, 1.165) is 30.7 Å². The van der Waals surface area contributed by atoms with E-state index in [1.165, 1.54) is 22.3 Å². The lowest BCUT2D eigenvalue weighted by Crippen LogP contribution is -1.99. The third-order valence-corrected chi connectivity index (χ3v) is 3.86. The number of nitrogens with one attached hydrogen (secondary N) is 1. The van der Waals surface area contributed by atoms with Crippen molar-refractivity contribution in [1.29, 1.82) is 0 Å². The lowest BCUT2D eigenvalue weighted by Gasteiger charge is -2.15. The first-order valence-corrected chi connectivity index (χ1v) is 7.39. The lowest BCUT2D eigenvalue weighted by atomic mass is 9.90. The van der Waals surface area contributed by atoms with E-state index in [1.807, 2.05) is 0 Å². The molecule has 0 saturated carbocycles. The molecule has 106 valence electrons. The molecule has 1 aliphatic rings. The van der Waals surface area contributed by atoms with E-state index in [9.17, 15) is 0 Å². The summed E-state index contributed by atoms with van der Waals surface area (Å²) in [6, 6.07) is 10.8. The van der Waals surface area contributed by atoms with Gasteiger partial charge in [-0.1, -0.05) is 48.6 Å². The summed E-state index contributed by atoms with van der Waals surface area (Å²) < 4.78 is 0. The van der Waals surface area contributed by atoms with Crippen LogP contribution >= 0.6 is 0 Å². The summed E-state index contributed by atoms with van der Waals surface area (Å²) in [7, 11) is 0. The van der Waals surface area contributed by atoms with Gasteiger partial charge in [0, 0.05) is 5.57 Å². The third kappa shape index (κ3) is 3.05. The Kier molecular flexibility index (Phi) is 3.87. The number of benzene rings is 1. The molecule has 1 aromatic heterocycles. The highest BCUT2D eigenvalue weighted by Crippen LogP contribution is 2.30. The van der Waals surface area contributed by atoms with Crippen LogP contribution in [-0.2, 0) is 6.42 Å². The van der Waals surface area contributed by atoms with Crippen molar-refractivity contribution in [3.8, 4) is 0 Å². The molecule has 0 unspecified atom stereocenters. The van der Waals surface area contributed by atoms with Crippen molar-refractivity contribution < 1.29 is 0 Å². The first-order valence-electron chi connectivity index (χ1n) is 7.39. The Morgan fingerprint density at radius 3 is 2.67 bits per heavy atom. The summed E-state index contributed by atoms with van der Waals surface area (Å²) in [6.45, 7) is 5.90. The van der Waals surface area contributed by atoms with Crippen molar-refractivity contribution in [1.82, 2.24) is 10.2 Å². The van der Waals surface area contributed by atoms with Crippen LogP contribution in [0.5, 0.6) is 0 Å². The minimum absolute atomic E-state index is 0.961. The Bertz CT molecular complexity index is 699. The van der Waals surface area contributed by atoms with E-state index in [0.29, 0.717) is 0 Å². The van der Waals surface area contributed by atoms with E-state index in [1.54, 1.807) is 6.08 Å². The molecule has 2 aromatic rings. The van der Waals surface area contributed by atoms with Crippen LogP contribution in [0, 0.1) is 6.92 Å². The first kappa shape index (κ1) is 13.6. The van der Waals surface area contributed by atoms with Crippen molar-refractivity contribution in [3.63, 3.8) is 0 Å². The zero-order valence-corrected chi connectivity index (χ0v) is 12.4. The molecular formula is C19H20N2. The van der Waals surface area contributed by atoms with Crippen molar-refractivity contribution in [3.05, 3.63) is 77.2 Å². The zero-order chi connectivity index (χ0) is 14.7. The summed E-state index contributed by atoms with van der Waals surface area (Å²) in [5.74, 6) is 0. The predicted octanol–water partition coefficient (Wildman–Crippen LogP) is 4.71. The second-order valence-corrected chi connectivity index (χ2v) is 5.50. The van der Waals surface area contributed by atoms with Crippen molar-refractivity contribution in [2.24, 2.45) is 0 Å². The average molecular weight is 276 g/mol. The number of nitrogens with zero attached hydrogens (tertiary/aromatic N) is 1. The highest BCUT2D eigenvalue weighted by atomic mass is 15.1. The fraction of sp³-hybridized carbons (Fsp3) is 0.211. The molecule has 0 spiro atoms. The largest absolute Gasteiger partial charge is 0.278 e. The van der Waals surface area contributed by atoms with Gasteiger partial charge in [0.2, 0.25) is 0 Å². The predicted molar refractivity (Wildman–Crippen MR) is 88.9 cm³/mol. The normalized spacial score (nSPS) is 14.5. The van der Waals surface area contributed by atoms with Gasteiger partial charge in [-0.05, 0) is 49.5 Å². The van der Waals surface area contributed by atoms with Gasteiger partial charge in [0.05, 0.1) is 11.4 Å². The SMILES string of the molecule is C=Cc1cc(C2=CCCC=C2Cc2ccc(C)cc2)n[nH]1. The van der Waals surface area contributed by atoms with Gasteiger partial charge in [0.25, 0.3) is 0 Å². The molecule has 1 aliphatic carbocycles. The number of hydrogen-bond acceptors (Lipinski definition) is 1. The number of hydrogen-bond donors (Lipinski definition) is 1. The van der Waals surface area contributed by atoms with Crippen LogP contribution in [-0.4, -0.2) is 10.2 Å². The molecule has 0 amide bonds. The highest BCUT2D eigenvalue weighted by Gasteiger charge is 2.14. The maximum absolute atomic E-state index is 4.41. The van der Waals surface area contributed by atoms with Crippen LogP contribution < -0.4 is 0 Å². The monoisotopic (exact) mass is 276 g/mol. The maximum Gasteiger partial charge on any atom is 0.0926 e. The lowest BCUT2D eigenvalue weighted by molar-refractivity contribution is 0.989. The molecule has 0 radical (unpaired) electrons. The average Bonchev–Trinajstić information content (AvgIpc) is 2.99. The van der Waals surface area contributed by atoms with Gasteiger partial charge < -0.3 is 0 Å². The van der Waals surface area contributed by atoms with Crippen molar-refractivity contribution in [2.75, 3.05) is 0 Å². The summed E-state index contributed by atoms with van der Waals surface area (Å²) in [6.07, 6.45) is 9.60. The van der Waals surface area contributed by atoms with E-state index in [4.69, 9.17) is 0 Å². The van der Waals surface area contributed by atoms with Crippen LogP contribution in [0.2, 0.25) is 0 Å². The van der Waals surface area contributed by atoms with Crippen LogP contribution in [0.25, 0.3) is 11.6 Å². The molecular weight excluding hydrogens is 256 g/mol. The van der Waals surface area contributed by atoms with Crippen LogP contribution in [0.15, 0.2) is 54.6 Å². The summed E-state index contributed by atoms with van der Waals surface area (Å²) in [5, 5.41) is 7.42. The number of allylic oxidation sites excluding steroid dienone is 4. The molecule has 21 heavy (non-hydrogen) atoms. The molecule has 2 nitrogen and oxygen atoms in total. The standard InChI is InChI=1S/C19H20N2/c1-3-17-13-19(21-20-17)18-7-5-4-6-16(18)12-15-10-8-14(2)9-11-15/h3,6-11,13H,1,4-5,12H2,2H3,(H,20,21). The fourth-order valence-electron chi connectivity index (χ4n) is 2.67. The summed E-state index contributed by atoms with van der Waals surface area (Å²) >= 11 is 0. The second kappa shape index (κ2) is 5.96. The molecule has 0 saturated heterocycles. The zero-order valence-electron chi connectivity index (χ0n) is 12.4. The minimum atomic E-state index is 0.961. The summed E-state index contributed by atoms with van der Waals surface area (Å²) in [4.78, 5) is 0. The van der Waals surface area contributed by atoms with E-state index < -0.39 is 0 Å². The third-order valence-electron chi connectivity index (χ3n) is 3.86. The molecule has 0 atom stereocenters. The quantitative estimate of drug-likeness (QED) is 0.861. The Morgan fingerprint density at radius 1 is 1.19 bits per heavy atom. The Balaban J connectivity index is 1.85. The van der Waals surface area contributed by atoms with Crippen molar-refractivity contribution >= 4 is 11.6 Å². The van der Waals surface area contributed by atoms with E-state index >= 15 is 0 Å². The fourth-order valence-corrected chi connectivity index (χ4v) is 2.67. The maximum atomic E-state index is 4.41. The molecule has 0 aliphatic heterocycles. The number of aryl methyl sites for hydroxylation is 1. The van der Waals surface area contributed by atoms with Gasteiger partial charge in [-0.2, -0.15) is 5.10 Å². The van der Waals surface area contributed by atoms with Gasteiger partial charge in [0.15, 0.2) is 0 Å². The van der Waals surface area contributed by atoms with Gasteiger partial charge >= 0.3 is 0 Å². The number of rotatable bonds is 4. The molecule has 3 rings (SSSR count). The Morgan fingerprint density at radius 2 is 1.95 bits per heavy atom.